The summed E-state index contributed by atoms with van der Waals surface area (Å²) >= 11 is 1.45. The van der Waals surface area contributed by atoms with E-state index in [-0.39, 0.29) is 30.7 Å². The Morgan fingerprint density at radius 2 is 1.94 bits per heavy atom. The van der Waals surface area contributed by atoms with Gasteiger partial charge in [0.2, 0.25) is 11.8 Å². The first-order valence-electron chi connectivity index (χ1n) is 10.6. The summed E-state index contributed by atoms with van der Waals surface area (Å²) < 4.78 is 5.04. The summed E-state index contributed by atoms with van der Waals surface area (Å²) in [4.78, 5) is 28.7. The van der Waals surface area contributed by atoms with E-state index in [9.17, 15) is 9.59 Å². The molecule has 0 aliphatic heterocycles. The lowest BCUT2D eigenvalue weighted by atomic mass is 10.0. The Hall–Kier alpha value is -3.59. The summed E-state index contributed by atoms with van der Waals surface area (Å²) in [5.74, 6) is -1.27. The van der Waals surface area contributed by atoms with E-state index in [4.69, 9.17) is 10.2 Å². The Balaban J connectivity index is 0.00000265. The maximum Gasteiger partial charge on any atom is 0.306 e. The van der Waals surface area contributed by atoms with Crippen LogP contribution in [0.2, 0.25) is 0 Å². The summed E-state index contributed by atoms with van der Waals surface area (Å²) in [5.41, 5.74) is 8.03. The van der Waals surface area contributed by atoms with Gasteiger partial charge in [-0.2, -0.15) is 0 Å². The van der Waals surface area contributed by atoms with Crippen LogP contribution >= 0.6 is 11.3 Å². The SMILES string of the molecule is C=C\C=C/C=C(CC)/C(C=C)=C/c1sc(CC(=O)NCc2nnc(C(N)=O)o2)nc1C.CC. The number of carbonyl (C=O) groups excluding carboxylic acids is 2. The average molecular weight is 470 g/mol. The smallest absolute Gasteiger partial charge is 0.306 e. The van der Waals surface area contributed by atoms with Crippen LogP contribution in [0.15, 0.2) is 59.1 Å². The summed E-state index contributed by atoms with van der Waals surface area (Å²) in [5, 5.41) is 10.5. The van der Waals surface area contributed by atoms with Crippen molar-refractivity contribution in [2.45, 2.75) is 47.1 Å². The molecule has 176 valence electrons. The third kappa shape index (κ3) is 8.82. The van der Waals surface area contributed by atoms with Gasteiger partial charge in [-0.05, 0) is 30.6 Å². The van der Waals surface area contributed by atoms with Crippen molar-refractivity contribution in [2.24, 2.45) is 5.73 Å². The van der Waals surface area contributed by atoms with Crippen LogP contribution in [0.3, 0.4) is 0 Å². The van der Waals surface area contributed by atoms with Crippen LogP contribution in [-0.2, 0) is 17.8 Å². The molecule has 0 radical (unpaired) electrons. The molecule has 2 rings (SSSR count). The number of rotatable bonds is 11. The van der Waals surface area contributed by atoms with Gasteiger partial charge in [0.25, 0.3) is 0 Å². The first-order valence-corrected chi connectivity index (χ1v) is 11.4. The molecular weight excluding hydrogens is 438 g/mol. The first-order chi connectivity index (χ1) is 15.9. The third-order valence-corrected chi connectivity index (χ3v) is 5.21. The fourth-order valence-electron chi connectivity index (χ4n) is 2.57. The number of carbonyl (C=O) groups is 2. The molecule has 0 aliphatic rings. The van der Waals surface area contributed by atoms with Gasteiger partial charge in [-0.25, -0.2) is 4.98 Å². The minimum absolute atomic E-state index is 0.000274. The van der Waals surface area contributed by atoms with Gasteiger partial charge in [0.15, 0.2) is 0 Å². The van der Waals surface area contributed by atoms with Gasteiger partial charge in [0.05, 0.1) is 23.5 Å². The number of aromatic nitrogens is 3. The minimum Gasteiger partial charge on any atom is -0.415 e. The molecule has 2 aromatic heterocycles. The summed E-state index contributed by atoms with van der Waals surface area (Å²) in [7, 11) is 0. The van der Waals surface area contributed by atoms with Gasteiger partial charge >= 0.3 is 11.8 Å². The predicted molar refractivity (Wildman–Crippen MR) is 132 cm³/mol. The molecule has 3 N–H and O–H groups in total. The van der Waals surface area contributed by atoms with E-state index in [0.717, 1.165) is 28.1 Å². The quantitative estimate of drug-likeness (QED) is 0.468. The van der Waals surface area contributed by atoms with Gasteiger partial charge in [0.1, 0.15) is 5.01 Å². The highest BCUT2D eigenvalue weighted by molar-refractivity contribution is 7.12. The molecule has 0 saturated carbocycles. The second-order valence-electron chi connectivity index (χ2n) is 6.35. The number of thiazole rings is 1. The number of nitrogens with one attached hydrogen (secondary N) is 1. The number of nitrogens with zero attached hydrogens (tertiary/aromatic N) is 3. The zero-order valence-corrected chi connectivity index (χ0v) is 20.4. The van der Waals surface area contributed by atoms with Gasteiger partial charge in [-0.1, -0.05) is 64.3 Å². The number of aryl methyl sites for hydroxylation is 1. The highest BCUT2D eigenvalue weighted by atomic mass is 32.1. The van der Waals surface area contributed by atoms with Crippen LogP contribution in [0.25, 0.3) is 6.08 Å². The molecule has 0 unspecified atom stereocenters. The number of hydrogen-bond donors (Lipinski definition) is 2. The van der Waals surface area contributed by atoms with Crippen molar-refractivity contribution in [1.82, 2.24) is 20.5 Å². The van der Waals surface area contributed by atoms with E-state index in [1.165, 1.54) is 11.3 Å². The van der Waals surface area contributed by atoms with E-state index in [1.54, 1.807) is 6.08 Å². The number of amides is 2. The van der Waals surface area contributed by atoms with Crippen molar-refractivity contribution >= 4 is 29.2 Å². The monoisotopic (exact) mass is 469 g/mol. The van der Waals surface area contributed by atoms with E-state index < -0.39 is 5.91 Å². The Morgan fingerprint density at radius 1 is 1.21 bits per heavy atom. The molecular formula is C24H31N5O3S. The minimum atomic E-state index is -0.819. The fraction of sp³-hybridized carbons (Fsp3) is 0.292. The zero-order chi connectivity index (χ0) is 24.8. The second-order valence-corrected chi connectivity index (χ2v) is 7.46. The van der Waals surface area contributed by atoms with E-state index >= 15 is 0 Å². The Morgan fingerprint density at radius 3 is 2.52 bits per heavy atom. The highest BCUT2D eigenvalue weighted by Crippen LogP contribution is 2.25. The number of primary amides is 1. The highest BCUT2D eigenvalue weighted by Gasteiger charge is 2.14. The zero-order valence-electron chi connectivity index (χ0n) is 19.6. The van der Waals surface area contributed by atoms with Crippen LogP contribution in [0.1, 0.15) is 59.3 Å². The lowest BCUT2D eigenvalue weighted by Crippen LogP contribution is -2.24. The number of allylic oxidation sites excluding steroid dienone is 7. The lowest BCUT2D eigenvalue weighted by Gasteiger charge is -2.05. The summed E-state index contributed by atoms with van der Waals surface area (Å²) in [6, 6.07) is 0. The van der Waals surface area contributed by atoms with Gasteiger partial charge in [-0.15, -0.1) is 21.5 Å². The third-order valence-electron chi connectivity index (χ3n) is 4.11. The lowest BCUT2D eigenvalue weighted by molar-refractivity contribution is -0.120. The van der Waals surface area contributed by atoms with Crippen molar-refractivity contribution in [2.75, 3.05) is 0 Å². The van der Waals surface area contributed by atoms with Crippen molar-refractivity contribution in [3.05, 3.63) is 82.0 Å². The predicted octanol–water partition coefficient (Wildman–Crippen LogP) is 4.47. The maximum atomic E-state index is 12.2. The molecule has 9 heteroatoms. The molecule has 0 aromatic carbocycles. The average Bonchev–Trinajstić information content (AvgIpc) is 3.42. The van der Waals surface area contributed by atoms with Crippen molar-refractivity contribution in [1.29, 1.82) is 0 Å². The Bertz CT molecular complexity index is 1060. The summed E-state index contributed by atoms with van der Waals surface area (Å²) in [6.07, 6.45) is 12.4. The second kappa shape index (κ2) is 14.5. The largest absolute Gasteiger partial charge is 0.415 e. The molecule has 0 fully saturated rings. The van der Waals surface area contributed by atoms with Gasteiger partial charge < -0.3 is 15.5 Å². The van der Waals surface area contributed by atoms with E-state index in [1.807, 2.05) is 51.2 Å². The molecule has 0 spiro atoms. The summed E-state index contributed by atoms with van der Waals surface area (Å²) in [6.45, 7) is 15.6. The Kier molecular flexibility index (Phi) is 12.0. The molecule has 2 heterocycles. The first kappa shape index (κ1) is 27.4. The molecule has 0 atom stereocenters. The Labute approximate surface area is 198 Å². The standard InChI is InChI=1S/C22H25N5O3S.C2H6/c1-5-8-9-10-15(6-2)16(7-3)11-17-14(4)25-20(31-17)12-18(28)24-13-19-26-27-22(30-19)21(23)29;1-2/h5,7-11H,1,3,6,12-13H2,2,4H3,(H2,23,29)(H,24,28);1-2H3/b9-8-,15-10+,16-11+;. The van der Waals surface area contributed by atoms with Crippen molar-refractivity contribution in [3.63, 3.8) is 0 Å². The number of hydrogen-bond acceptors (Lipinski definition) is 7. The maximum absolute atomic E-state index is 12.2. The normalized spacial score (nSPS) is 11.6. The molecule has 2 aromatic rings. The van der Waals surface area contributed by atoms with Crippen molar-refractivity contribution in [3.8, 4) is 0 Å². The van der Waals surface area contributed by atoms with Gasteiger partial charge in [0, 0.05) is 0 Å². The molecule has 0 aliphatic carbocycles. The molecule has 2 amide bonds. The number of nitrogens with two attached hydrogens (primary N) is 1. The molecule has 8 nitrogen and oxygen atoms in total. The molecule has 0 saturated heterocycles. The van der Waals surface area contributed by atoms with Crippen LogP contribution in [0.4, 0.5) is 0 Å². The van der Waals surface area contributed by atoms with E-state index in [0.29, 0.717) is 5.01 Å². The fourth-order valence-corrected chi connectivity index (χ4v) is 3.59. The van der Waals surface area contributed by atoms with Crippen LogP contribution in [-0.4, -0.2) is 27.0 Å². The molecule has 33 heavy (non-hydrogen) atoms. The van der Waals surface area contributed by atoms with Crippen LogP contribution < -0.4 is 11.1 Å². The van der Waals surface area contributed by atoms with Crippen molar-refractivity contribution < 1.29 is 14.0 Å². The van der Waals surface area contributed by atoms with Crippen LogP contribution in [0.5, 0.6) is 0 Å². The molecule has 0 bridgehead atoms. The topological polar surface area (TPSA) is 124 Å². The van der Waals surface area contributed by atoms with Gasteiger partial charge in [-0.3, -0.25) is 9.59 Å². The van der Waals surface area contributed by atoms with E-state index in [2.05, 4.69) is 40.6 Å². The van der Waals surface area contributed by atoms with Crippen LogP contribution in [0, 0.1) is 6.92 Å².